The third kappa shape index (κ3) is 7.02. The lowest BCUT2D eigenvalue weighted by atomic mass is 9.91. The van der Waals surface area contributed by atoms with Crippen LogP contribution in [0.3, 0.4) is 0 Å². The molecule has 1 aromatic carbocycles. The van der Waals surface area contributed by atoms with Crippen molar-refractivity contribution in [1.29, 1.82) is 0 Å². The lowest BCUT2D eigenvalue weighted by Gasteiger charge is -2.33. The van der Waals surface area contributed by atoms with Crippen LogP contribution in [-0.2, 0) is 14.3 Å². The number of piperazine rings is 1. The fourth-order valence-electron chi connectivity index (χ4n) is 5.07. The Labute approximate surface area is 224 Å². The van der Waals surface area contributed by atoms with Gasteiger partial charge in [0, 0.05) is 37.5 Å². The van der Waals surface area contributed by atoms with Crippen molar-refractivity contribution in [3.05, 3.63) is 47.7 Å². The molecular weight excluding hydrogens is 484 g/mol. The molecule has 4 rings (SSSR count). The molecule has 0 saturated carbocycles. The van der Waals surface area contributed by atoms with Gasteiger partial charge in [0.15, 0.2) is 0 Å². The third-order valence-corrected chi connectivity index (χ3v) is 7.61. The Bertz CT molecular complexity index is 1170. The third-order valence-electron chi connectivity index (χ3n) is 7.61. The summed E-state index contributed by atoms with van der Waals surface area (Å²) in [6.45, 7) is 8.86. The van der Waals surface area contributed by atoms with E-state index >= 15 is 0 Å². The van der Waals surface area contributed by atoms with E-state index in [-0.39, 0.29) is 24.3 Å². The molecule has 2 aliphatic heterocycles. The molecule has 0 radical (unpaired) electrons. The second-order valence-electron chi connectivity index (χ2n) is 10.8. The number of nitrogens with one attached hydrogen (secondary N) is 1. The minimum absolute atomic E-state index is 0.0197. The van der Waals surface area contributed by atoms with Gasteiger partial charge in [0.1, 0.15) is 12.2 Å². The molecule has 1 fully saturated rings. The van der Waals surface area contributed by atoms with Crippen molar-refractivity contribution in [2.75, 3.05) is 33.2 Å². The number of nitrogens with zero attached hydrogens (tertiary/aromatic N) is 3. The van der Waals surface area contributed by atoms with Gasteiger partial charge in [0.25, 0.3) is 0 Å². The molecule has 3 heterocycles. The second-order valence-corrected chi connectivity index (χ2v) is 10.8. The topological polar surface area (TPSA) is 108 Å². The molecule has 9 heteroatoms. The van der Waals surface area contributed by atoms with E-state index in [2.05, 4.69) is 15.1 Å². The van der Waals surface area contributed by atoms with E-state index in [0.717, 1.165) is 35.1 Å². The summed E-state index contributed by atoms with van der Waals surface area (Å²) < 4.78 is 11.9. The minimum atomic E-state index is -0.817. The molecule has 38 heavy (non-hydrogen) atoms. The summed E-state index contributed by atoms with van der Waals surface area (Å²) >= 11 is 0. The Hall–Kier alpha value is -3.17. The van der Waals surface area contributed by atoms with Crippen LogP contribution in [0.25, 0.3) is 17.0 Å². The highest BCUT2D eigenvalue weighted by Gasteiger charge is 2.29. The molecule has 1 saturated heterocycles. The largest absolute Gasteiger partial charge is 0.457 e. The zero-order chi connectivity index (χ0) is 27.2. The van der Waals surface area contributed by atoms with E-state index in [9.17, 15) is 14.7 Å². The number of cyclic esters (lactones) is 1. The number of carbonyl (C=O) groups excluding carboxylic acids is 2. The first-order valence-corrected chi connectivity index (χ1v) is 13.5. The highest BCUT2D eigenvalue weighted by Crippen LogP contribution is 2.27. The van der Waals surface area contributed by atoms with Crippen LogP contribution in [0.2, 0.25) is 0 Å². The first-order valence-electron chi connectivity index (χ1n) is 13.5. The summed E-state index contributed by atoms with van der Waals surface area (Å²) in [5.74, 6) is -0.635. The molecule has 2 aliphatic rings. The number of rotatable bonds is 3. The lowest BCUT2D eigenvalue weighted by Crippen LogP contribution is -2.48. The number of hydrogen-bond donors (Lipinski definition) is 2. The Kier molecular flexibility index (Phi) is 9.22. The predicted molar refractivity (Wildman–Crippen MR) is 146 cm³/mol. The number of carbonyl (C=O) groups is 2. The molecule has 2 aromatic rings. The van der Waals surface area contributed by atoms with Crippen LogP contribution in [0.1, 0.15) is 45.6 Å². The van der Waals surface area contributed by atoms with Gasteiger partial charge in [-0.05, 0) is 56.0 Å². The van der Waals surface area contributed by atoms with E-state index in [0.29, 0.717) is 25.9 Å². The fraction of sp³-hybridized carbons (Fsp3) is 0.552. The van der Waals surface area contributed by atoms with Gasteiger partial charge in [-0.3, -0.25) is 9.89 Å². The van der Waals surface area contributed by atoms with Gasteiger partial charge < -0.3 is 24.4 Å². The maximum absolute atomic E-state index is 13.0. The lowest BCUT2D eigenvalue weighted by molar-refractivity contribution is -0.151. The second kappa shape index (κ2) is 12.6. The van der Waals surface area contributed by atoms with Crippen molar-refractivity contribution in [3.63, 3.8) is 0 Å². The molecule has 0 unspecified atom stereocenters. The Balaban J connectivity index is 1.57. The number of ether oxygens (including phenoxy) is 2. The van der Waals surface area contributed by atoms with Crippen LogP contribution in [0, 0.1) is 11.8 Å². The van der Waals surface area contributed by atoms with Gasteiger partial charge in [0.05, 0.1) is 24.2 Å². The van der Waals surface area contributed by atoms with Gasteiger partial charge in [-0.25, -0.2) is 4.79 Å². The summed E-state index contributed by atoms with van der Waals surface area (Å²) in [5.41, 5.74) is 2.77. The van der Waals surface area contributed by atoms with Gasteiger partial charge >= 0.3 is 12.1 Å². The van der Waals surface area contributed by atoms with Crippen molar-refractivity contribution in [3.8, 4) is 0 Å². The number of aromatic nitrogens is 2. The first kappa shape index (κ1) is 27.9. The van der Waals surface area contributed by atoms with Crippen molar-refractivity contribution in [2.45, 2.75) is 58.3 Å². The fourth-order valence-corrected chi connectivity index (χ4v) is 5.07. The number of benzene rings is 1. The molecule has 0 aliphatic carbocycles. The predicted octanol–water partition coefficient (Wildman–Crippen LogP) is 4.00. The first-order chi connectivity index (χ1) is 18.2. The van der Waals surface area contributed by atoms with E-state index in [1.165, 1.54) is 0 Å². The highest BCUT2D eigenvalue weighted by molar-refractivity contribution is 5.88. The number of amides is 1. The number of likely N-dealkylation sites (N-methyl/N-ethyl adjacent to an activating group) is 1. The summed E-state index contributed by atoms with van der Waals surface area (Å²) in [7, 11) is 2.04. The van der Waals surface area contributed by atoms with E-state index in [1.54, 1.807) is 11.1 Å². The Morgan fingerprint density at radius 1 is 1.18 bits per heavy atom. The van der Waals surface area contributed by atoms with Crippen molar-refractivity contribution < 1.29 is 24.2 Å². The van der Waals surface area contributed by atoms with Crippen LogP contribution in [0.4, 0.5) is 4.79 Å². The molecule has 2 N–H and O–H groups in total. The van der Waals surface area contributed by atoms with Crippen LogP contribution in [-0.4, -0.2) is 88.7 Å². The number of fused-ring (bicyclic) bond motifs is 1. The van der Waals surface area contributed by atoms with Gasteiger partial charge in [0.2, 0.25) is 0 Å². The Morgan fingerprint density at radius 2 is 1.95 bits per heavy atom. The molecule has 0 spiro atoms. The van der Waals surface area contributed by atoms with Crippen LogP contribution in [0.15, 0.2) is 42.1 Å². The van der Waals surface area contributed by atoms with Gasteiger partial charge in [-0.1, -0.05) is 38.1 Å². The van der Waals surface area contributed by atoms with Gasteiger partial charge in [-0.15, -0.1) is 0 Å². The molecule has 5 atom stereocenters. The number of aliphatic hydroxyl groups is 1. The van der Waals surface area contributed by atoms with E-state index < -0.39 is 24.3 Å². The number of aliphatic hydroxyl groups excluding tert-OH is 1. The standard InChI is InChI=1S/C29H40N4O5/c1-19-8-10-23(34)17-27(35)38-28(21(3)16-22-6-5-7-25-24(22)18-30-31-25)20(2)9-11-26(19)37-29(36)33-14-12-32(4)13-15-33/h5-7,9,11,16,18-20,23,26,28,34H,8,10,12-15,17H2,1-4H3,(H,30,31)/b11-9+,21-16+/t19-,20-,23+,26-,28-/m0/s1. The monoisotopic (exact) mass is 524 g/mol. The van der Waals surface area contributed by atoms with Crippen molar-refractivity contribution in [1.82, 2.24) is 20.0 Å². The minimum Gasteiger partial charge on any atom is -0.457 e. The van der Waals surface area contributed by atoms with Crippen molar-refractivity contribution >= 4 is 29.0 Å². The Morgan fingerprint density at radius 3 is 2.71 bits per heavy atom. The molecule has 0 bridgehead atoms. The van der Waals surface area contributed by atoms with E-state index in [1.807, 2.05) is 64.2 Å². The summed E-state index contributed by atoms with van der Waals surface area (Å²) in [6, 6.07) is 5.91. The zero-order valence-electron chi connectivity index (χ0n) is 22.8. The normalized spacial score (nSPS) is 29.3. The average Bonchev–Trinajstić information content (AvgIpc) is 3.38. The molecule has 1 amide bonds. The SMILES string of the molecule is C/C(=C\c1cccc2[nH]ncc12)[C@H]1OC(=O)C[C@H](O)CC[C@H](C)[C@@H](OC(=O)N2CCN(C)CC2)/C=C/[C@@H]1C. The van der Waals surface area contributed by atoms with Crippen molar-refractivity contribution in [2.24, 2.45) is 11.8 Å². The van der Waals surface area contributed by atoms with Crippen LogP contribution in [0.5, 0.6) is 0 Å². The smallest absolute Gasteiger partial charge is 0.410 e. The maximum Gasteiger partial charge on any atom is 0.410 e. The average molecular weight is 525 g/mol. The maximum atomic E-state index is 13.0. The molecule has 9 nitrogen and oxygen atoms in total. The van der Waals surface area contributed by atoms with Gasteiger partial charge in [-0.2, -0.15) is 5.10 Å². The zero-order valence-corrected chi connectivity index (χ0v) is 22.8. The molecule has 1 aromatic heterocycles. The number of esters is 1. The quantitative estimate of drug-likeness (QED) is 0.462. The molecule has 206 valence electrons. The number of hydrogen-bond acceptors (Lipinski definition) is 7. The molecular formula is C29H40N4O5. The summed E-state index contributed by atoms with van der Waals surface area (Å²) in [6.07, 6.45) is 6.53. The number of H-pyrrole nitrogens is 1. The summed E-state index contributed by atoms with van der Waals surface area (Å²) in [5, 5.41) is 18.6. The van der Waals surface area contributed by atoms with E-state index in [4.69, 9.17) is 9.47 Å². The van der Waals surface area contributed by atoms with Crippen LogP contribution >= 0.6 is 0 Å². The highest BCUT2D eigenvalue weighted by atomic mass is 16.6. The summed E-state index contributed by atoms with van der Waals surface area (Å²) in [4.78, 5) is 29.7. The number of aromatic amines is 1. The van der Waals surface area contributed by atoms with Crippen LogP contribution < -0.4 is 0 Å².